The van der Waals surface area contributed by atoms with Crippen LogP contribution in [0.4, 0.5) is 4.39 Å². The third-order valence-corrected chi connectivity index (χ3v) is 5.21. The Bertz CT molecular complexity index is 360. The molecule has 1 saturated heterocycles. The number of benzene rings is 1. The van der Waals surface area contributed by atoms with E-state index in [-0.39, 0.29) is 5.82 Å². The molecule has 19 heavy (non-hydrogen) atoms. The minimum absolute atomic E-state index is 0.145. The zero-order chi connectivity index (χ0) is 13.5. The number of thioether (sulfide) groups is 1. The molecule has 0 bridgehead atoms. The summed E-state index contributed by atoms with van der Waals surface area (Å²) < 4.78 is 13.0. The lowest BCUT2D eigenvalue weighted by atomic mass is 9.99. The van der Waals surface area contributed by atoms with Crippen molar-refractivity contribution < 1.29 is 4.39 Å². The first-order chi connectivity index (χ1) is 9.29. The molecule has 0 amide bonds. The topological polar surface area (TPSA) is 12.0 Å². The van der Waals surface area contributed by atoms with Crippen LogP contribution in [0.25, 0.3) is 0 Å². The predicted octanol–water partition coefficient (Wildman–Crippen LogP) is 4.02. The van der Waals surface area contributed by atoms with Gasteiger partial charge in [0.25, 0.3) is 0 Å². The van der Waals surface area contributed by atoms with Crippen LogP contribution in [0.5, 0.6) is 0 Å². The van der Waals surface area contributed by atoms with Gasteiger partial charge in [0.1, 0.15) is 5.82 Å². The predicted molar refractivity (Wildman–Crippen MR) is 82.3 cm³/mol. The average molecular weight is 281 g/mol. The van der Waals surface area contributed by atoms with Crippen molar-refractivity contribution in [2.45, 2.75) is 50.3 Å². The Hall–Kier alpha value is -0.540. The van der Waals surface area contributed by atoms with E-state index >= 15 is 0 Å². The zero-order valence-electron chi connectivity index (χ0n) is 11.7. The van der Waals surface area contributed by atoms with Gasteiger partial charge in [0.15, 0.2) is 0 Å². The third-order valence-electron chi connectivity index (χ3n) is 3.69. The molecule has 1 aliphatic rings. The van der Waals surface area contributed by atoms with Crippen LogP contribution in [0.3, 0.4) is 0 Å². The average Bonchev–Trinajstić information content (AvgIpc) is 2.46. The highest BCUT2D eigenvalue weighted by Crippen LogP contribution is 2.29. The maximum Gasteiger partial charge on any atom is 0.123 e. The van der Waals surface area contributed by atoms with Crippen LogP contribution in [0.15, 0.2) is 24.3 Å². The Morgan fingerprint density at radius 1 is 1.32 bits per heavy atom. The Morgan fingerprint density at radius 3 is 2.74 bits per heavy atom. The minimum atomic E-state index is -0.145. The van der Waals surface area contributed by atoms with Crippen LogP contribution < -0.4 is 5.32 Å². The zero-order valence-corrected chi connectivity index (χ0v) is 12.5. The Kier molecular flexibility index (Phi) is 6.18. The molecule has 1 heterocycles. The van der Waals surface area contributed by atoms with E-state index in [0.29, 0.717) is 11.3 Å². The van der Waals surface area contributed by atoms with Crippen LogP contribution in [-0.2, 0) is 6.42 Å². The van der Waals surface area contributed by atoms with E-state index < -0.39 is 0 Å². The van der Waals surface area contributed by atoms with Gasteiger partial charge in [-0.15, -0.1) is 0 Å². The monoisotopic (exact) mass is 281 g/mol. The second-order valence-electron chi connectivity index (χ2n) is 5.30. The van der Waals surface area contributed by atoms with E-state index in [1.54, 1.807) is 12.1 Å². The van der Waals surface area contributed by atoms with E-state index in [9.17, 15) is 4.39 Å². The fraction of sp³-hybridized carbons (Fsp3) is 0.625. The van der Waals surface area contributed by atoms with Crippen molar-refractivity contribution in [2.75, 3.05) is 12.3 Å². The highest BCUT2D eigenvalue weighted by molar-refractivity contribution is 8.00. The van der Waals surface area contributed by atoms with Crippen molar-refractivity contribution >= 4 is 11.8 Å². The first-order valence-electron chi connectivity index (χ1n) is 7.39. The standard InChI is InChI=1S/C16H24FNS/c1-2-10-18-15(16-5-3-4-11-19-16)12-13-6-8-14(17)9-7-13/h6-9,15-16,18H,2-5,10-12H2,1H3. The molecule has 1 aromatic rings. The molecular formula is C16H24FNS. The van der Waals surface area contributed by atoms with E-state index in [1.165, 1.54) is 30.6 Å². The number of halogens is 1. The van der Waals surface area contributed by atoms with Gasteiger partial charge in [-0.05, 0) is 55.7 Å². The Balaban J connectivity index is 1.97. The third kappa shape index (κ3) is 4.81. The fourth-order valence-electron chi connectivity index (χ4n) is 2.62. The fourth-order valence-corrected chi connectivity index (χ4v) is 4.05. The summed E-state index contributed by atoms with van der Waals surface area (Å²) in [5.74, 6) is 1.15. The van der Waals surface area contributed by atoms with Crippen LogP contribution in [0.2, 0.25) is 0 Å². The largest absolute Gasteiger partial charge is 0.313 e. The molecule has 0 aromatic heterocycles. The molecule has 0 radical (unpaired) electrons. The summed E-state index contributed by atoms with van der Waals surface area (Å²) in [6.07, 6.45) is 6.20. The molecule has 0 saturated carbocycles. The van der Waals surface area contributed by atoms with Gasteiger partial charge in [-0.1, -0.05) is 25.5 Å². The van der Waals surface area contributed by atoms with E-state index in [4.69, 9.17) is 0 Å². The van der Waals surface area contributed by atoms with Crippen LogP contribution in [-0.4, -0.2) is 23.6 Å². The smallest absolute Gasteiger partial charge is 0.123 e. The summed E-state index contributed by atoms with van der Waals surface area (Å²) in [7, 11) is 0. The normalized spacial score (nSPS) is 21.3. The molecule has 1 nitrogen and oxygen atoms in total. The van der Waals surface area contributed by atoms with Gasteiger partial charge in [0, 0.05) is 11.3 Å². The maximum absolute atomic E-state index is 13.0. The number of rotatable bonds is 6. The van der Waals surface area contributed by atoms with Gasteiger partial charge in [-0.25, -0.2) is 4.39 Å². The summed E-state index contributed by atoms with van der Waals surface area (Å²) in [6, 6.07) is 7.50. The molecule has 1 N–H and O–H groups in total. The molecule has 1 aromatic carbocycles. The molecule has 0 aliphatic carbocycles. The minimum Gasteiger partial charge on any atom is -0.313 e. The number of hydrogen-bond acceptors (Lipinski definition) is 2. The van der Waals surface area contributed by atoms with E-state index in [1.807, 2.05) is 12.1 Å². The summed E-state index contributed by atoms with van der Waals surface area (Å²) in [4.78, 5) is 0. The summed E-state index contributed by atoms with van der Waals surface area (Å²) in [6.45, 7) is 3.28. The summed E-state index contributed by atoms with van der Waals surface area (Å²) in [5, 5.41) is 4.40. The Morgan fingerprint density at radius 2 is 2.11 bits per heavy atom. The molecule has 1 aliphatic heterocycles. The SMILES string of the molecule is CCCNC(Cc1ccc(F)cc1)C1CCCCS1. The maximum atomic E-state index is 13.0. The molecular weight excluding hydrogens is 257 g/mol. The van der Waals surface area contributed by atoms with Gasteiger partial charge in [-0.3, -0.25) is 0 Å². The lowest BCUT2D eigenvalue weighted by Gasteiger charge is -2.31. The van der Waals surface area contributed by atoms with E-state index in [2.05, 4.69) is 24.0 Å². The molecule has 3 heteroatoms. The number of nitrogens with one attached hydrogen (secondary N) is 1. The molecule has 0 spiro atoms. The van der Waals surface area contributed by atoms with Gasteiger partial charge in [0.05, 0.1) is 0 Å². The van der Waals surface area contributed by atoms with Gasteiger partial charge in [-0.2, -0.15) is 11.8 Å². The molecule has 2 rings (SSSR count). The van der Waals surface area contributed by atoms with Crippen molar-refractivity contribution in [3.05, 3.63) is 35.6 Å². The van der Waals surface area contributed by atoms with Gasteiger partial charge < -0.3 is 5.32 Å². The van der Waals surface area contributed by atoms with Crippen LogP contribution >= 0.6 is 11.8 Å². The molecule has 106 valence electrons. The first-order valence-corrected chi connectivity index (χ1v) is 8.44. The van der Waals surface area contributed by atoms with Crippen LogP contribution in [0, 0.1) is 5.82 Å². The van der Waals surface area contributed by atoms with Crippen molar-refractivity contribution in [1.82, 2.24) is 5.32 Å². The van der Waals surface area contributed by atoms with Gasteiger partial charge in [0.2, 0.25) is 0 Å². The summed E-state index contributed by atoms with van der Waals surface area (Å²) in [5.41, 5.74) is 1.24. The lowest BCUT2D eigenvalue weighted by Crippen LogP contribution is -2.41. The van der Waals surface area contributed by atoms with Gasteiger partial charge >= 0.3 is 0 Å². The van der Waals surface area contributed by atoms with Crippen molar-refractivity contribution in [1.29, 1.82) is 0 Å². The van der Waals surface area contributed by atoms with Crippen molar-refractivity contribution in [3.8, 4) is 0 Å². The molecule has 1 fully saturated rings. The molecule has 2 unspecified atom stereocenters. The second kappa shape index (κ2) is 7.91. The number of hydrogen-bond donors (Lipinski definition) is 1. The first kappa shape index (κ1) is 14.9. The second-order valence-corrected chi connectivity index (χ2v) is 6.64. The Labute approximate surface area is 120 Å². The van der Waals surface area contributed by atoms with Crippen molar-refractivity contribution in [3.63, 3.8) is 0 Å². The van der Waals surface area contributed by atoms with E-state index in [0.717, 1.165) is 19.4 Å². The highest BCUT2D eigenvalue weighted by atomic mass is 32.2. The molecule has 2 atom stereocenters. The summed E-state index contributed by atoms with van der Waals surface area (Å²) >= 11 is 2.11. The quantitative estimate of drug-likeness (QED) is 0.845. The highest BCUT2D eigenvalue weighted by Gasteiger charge is 2.23. The van der Waals surface area contributed by atoms with Crippen LogP contribution in [0.1, 0.15) is 38.2 Å². The lowest BCUT2D eigenvalue weighted by molar-refractivity contribution is 0.461. The van der Waals surface area contributed by atoms with Crippen molar-refractivity contribution in [2.24, 2.45) is 0 Å².